The van der Waals surface area contributed by atoms with Crippen LogP contribution in [0.25, 0.3) is 0 Å². The van der Waals surface area contributed by atoms with Crippen LogP contribution in [-0.2, 0) is 0 Å². The molecule has 0 saturated carbocycles. The molecular weight excluding hydrogens is 168 g/mol. The van der Waals surface area contributed by atoms with Crippen LogP contribution in [0.5, 0.6) is 0 Å². The summed E-state index contributed by atoms with van der Waals surface area (Å²) in [6, 6.07) is 10.3. The molecule has 1 aromatic rings. The van der Waals surface area contributed by atoms with Crippen molar-refractivity contribution in [1.29, 1.82) is 0 Å². The van der Waals surface area contributed by atoms with Crippen LogP contribution >= 0.6 is 11.8 Å². The SMILES string of the molecule is CC(O)CCSc1ccccc1. The van der Waals surface area contributed by atoms with Crippen molar-refractivity contribution in [1.82, 2.24) is 0 Å². The second-order valence-corrected chi connectivity index (χ2v) is 3.97. The molecule has 1 rings (SSSR count). The molecule has 0 spiro atoms. The Morgan fingerprint density at radius 3 is 2.58 bits per heavy atom. The van der Waals surface area contributed by atoms with Crippen molar-refractivity contribution in [2.75, 3.05) is 5.75 Å². The molecule has 2 heteroatoms. The van der Waals surface area contributed by atoms with E-state index >= 15 is 0 Å². The van der Waals surface area contributed by atoms with Gasteiger partial charge in [-0.1, -0.05) is 18.2 Å². The molecule has 1 unspecified atom stereocenters. The van der Waals surface area contributed by atoms with Gasteiger partial charge < -0.3 is 5.11 Å². The summed E-state index contributed by atoms with van der Waals surface area (Å²) in [5, 5.41) is 9.02. The number of rotatable bonds is 4. The number of aliphatic hydroxyl groups is 1. The van der Waals surface area contributed by atoms with E-state index in [0.717, 1.165) is 12.2 Å². The zero-order chi connectivity index (χ0) is 8.81. The maximum atomic E-state index is 9.02. The molecule has 0 amide bonds. The lowest BCUT2D eigenvalue weighted by Crippen LogP contribution is -1.99. The number of thioether (sulfide) groups is 1. The summed E-state index contributed by atoms with van der Waals surface area (Å²) in [6.45, 7) is 1.82. The van der Waals surface area contributed by atoms with Gasteiger partial charge in [-0.3, -0.25) is 0 Å². The highest BCUT2D eigenvalue weighted by atomic mass is 32.2. The molecule has 1 N–H and O–H groups in total. The summed E-state index contributed by atoms with van der Waals surface area (Å²) < 4.78 is 0. The van der Waals surface area contributed by atoms with E-state index in [1.54, 1.807) is 11.8 Å². The van der Waals surface area contributed by atoms with Gasteiger partial charge in [0.2, 0.25) is 0 Å². The first-order chi connectivity index (χ1) is 5.79. The Morgan fingerprint density at radius 1 is 1.33 bits per heavy atom. The van der Waals surface area contributed by atoms with Gasteiger partial charge in [0, 0.05) is 10.6 Å². The fourth-order valence-electron chi connectivity index (χ4n) is 0.864. The third kappa shape index (κ3) is 3.79. The molecule has 0 aliphatic heterocycles. The lowest BCUT2D eigenvalue weighted by molar-refractivity contribution is 0.192. The van der Waals surface area contributed by atoms with Crippen LogP contribution in [0, 0.1) is 0 Å². The highest BCUT2D eigenvalue weighted by Gasteiger charge is 1.96. The fraction of sp³-hybridized carbons (Fsp3) is 0.400. The zero-order valence-corrected chi connectivity index (χ0v) is 8.05. The smallest absolute Gasteiger partial charge is 0.0520 e. The van der Waals surface area contributed by atoms with Crippen molar-refractivity contribution < 1.29 is 5.11 Å². The van der Waals surface area contributed by atoms with Crippen LogP contribution in [-0.4, -0.2) is 17.0 Å². The second-order valence-electron chi connectivity index (χ2n) is 2.80. The molecule has 0 aliphatic rings. The summed E-state index contributed by atoms with van der Waals surface area (Å²) in [4.78, 5) is 1.28. The maximum absolute atomic E-state index is 9.02. The van der Waals surface area contributed by atoms with E-state index < -0.39 is 0 Å². The number of hydrogen-bond acceptors (Lipinski definition) is 2. The minimum absolute atomic E-state index is 0.179. The Labute approximate surface area is 77.8 Å². The Morgan fingerprint density at radius 2 is 2.00 bits per heavy atom. The standard InChI is InChI=1S/C10H14OS/c1-9(11)7-8-12-10-5-3-2-4-6-10/h2-6,9,11H,7-8H2,1H3. The van der Waals surface area contributed by atoms with Gasteiger partial charge in [0.1, 0.15) is 0 Å². The fourth-order valence-corrected chi connectivity index (χ4v) is 1.91. The second kappa shape index (κ2) is 5.22. The van der Waals surface area contributed by atoms with Gasteiger partial charge in [-0.15, -0.1) is 11.8 Å². The predicted octanol–water partition coefficient (Wildman–Crippen LogP) is 2.55. The van der Waals surface area contributed by atoms with E-state index in [1.165, 1.54) is 4.90 Å². The highest BCUT2D eigenvalue weighted by Crippen LogP contribution is 2.18. The summed E-state index contributed by atoms with van der Waals surface area (Å²) in [7, 11) is 0. The maximum Gasteiger partial charge on any atom is 0.0520 e. The number of aliphatic hydroxyl groups excluding tert-OH is 1. The van der Waals surface area contributed by atoms with Crippen molar-refractivity contribution >= 4 is 11.8 Å². The molecule has 1 aromatic carbocycles. The Balaban J connectivity index is 2.25. The van der Waals surface area contributed by atoms with E-state index in [-0.39, 0.29) is 6.10 Å². The minimum atomic E-state index is -0.179. The normalized spacial score (nSPS) is 12.8. The molecule has 1 atom stereocenters. The average Bonchev–Trinajstić information content (AvgIpc) is 2.05. The van der Waals surface area contributed by atoms with Gasteiger partial charge in [-0.2, -0.15) is 0 Å². The van der Waals surface area contributed by atoms with Crippen molar-refractivity contribution in [3.8, 4) is 0 Å². The Bertz CT molecular complexity index is 208. The lowest BCUT2D eigenvalue weighted by Gasteiger charge is -2.02. The Kier molecular flexibility index (Phi) is 4.19. The molecule has 0 aliphatic carbocycles. The van der Waals surface area contributed by atoms with Crippen molar-refractivity contribution in [3.63, 3.8) is 0 Å². The van der Waals surface area contributed by atoms with E-state index in [4.69, 9.17) is 5.11 Å². The van der Waals surface area contributed by atoms with Gasteiger partial charge in [-0.05, 0) is 25.5 Å². The van der Waals surface area contributed by atoms with Crippen LogP contribution in [0.1, 0.15) is 13.3 Å². The van der Waals surface area contributed by atoms with Crippen LogP contribution < -0.4 is 0 Å². The van der Waals surface area contributed by atoms with Crippen molar-refractivity contribution in [2.45, 2.75) is 24.3 Å². The van der Waals surface area contributed by atoms with E-state index in [1.807, 2.05) is 25.1 Å². The summed E-state index contributed by atoms with van der Waals surface area (Å²) in [5.41, 5.74) is 0. The molecule has 12 heavy (non-hydrogen) atoms. The Hall–Kier alpha value is -0.470. The van der Waals surface area contributed by atoms with Gasteiger partial charge in [0.05, 0.1) is 6.10 Å². The predicted molar refractivity (Wildman–Crippen MR) is 53.5 cm³/mol. The molecule has 1 nitrogen and oxygen atoms in total. The summed E-state index contributed by atoms with van der Waals surface area (Å²) in [6.07, 6.45) is 0.681. The van der Waals surface area contributed by atoms with E-state index in [0.29, 0.717) is 0 Å². The minimum Gasteiger partial charge on any atom is -0.393 e. The highest BCUT2D eigenvalue weighted by molar-refractivity contribution is 7.99. The first-order valence-electron chi connectivity index (χ1n) is 4.15. The third-order valence-corrected chi connectivity index (χ3v) is 2.59. The van der Waals surface area contributed by atoms with Crippen LogP contribution in [0.2, 0.25) is 0 Å². The molecule has 0 saturated heterocycles. The van der Waals surface area contributed by atoms with E-state index in [9.17, 15) is 0 Å². The van der Waals surface area contributed by atoms with Crippen molar-refractivity contribution in [3.05, 3.63) is 30.3 Å². The monoisotopic (exact) mass is 182 g/mol. The van der Waals surface area contributed by atoms with Crippen LogP contribution in [0.3, 0.4) is 0 Å². The first kappa shape index (κ1) is 9.62. The molecule has 0 heterocycles. The molecule has 0 radical (unpaired) electrons. The molecule has 66 valence electrons. The summed E-state index contributed by atoms with van der Waals surface area (Å²) >= 11 is 1.79. The topological polar surface area (TPSA) is 20.2 Å². The van der Waals surface area contributed by atoms with Crippen LogP contribution in [0.15, 0.2) is 35.2 Å². The summed E-state index contributed by atoms with van der Waals surface area (Å²) in [5.74, 6) is 0.988. The lowest BCUT2D eigenvalue weighted by atomic mass is 10.3. The largest absolute Gasteiger partial charge is 0.393 e. The van der Waals surface area contributed by atoms with Gasteiger partial charge in [0.15, 0.2) is 0 Å². The average molecular weight is 182 g/mol. The van der Waals surface area contributed by atoms with Gasteiger partial charge >= 0.3 is 0 Å². The molecule has 0 fully saturated rings. The third-order valence-electron chi connectivity index (χ3n) is 1.55. The molecule has 0 bridgehead atoms. The molecule has 0 aromatic heterocycles. The molecular formula is C10H14OS. The van der Waals surface area contributed by atoms with Crippen molar-refractivity contribution in [2.24, 2.45) is 0 Å². The quantitative estimate of drug-likeness (QED) is 0.722. The number of hydrogen-bond donors (Lipinski definition) is 1. The van der Waals surface area contributed by atoms with E-state index in [2.05, 4.69) is 12.1 Å². The van der Waals surface area contributed by atoms with Gasteiger partial charge in [-0.25, -0.2) is 0 Å². The van der Waals surface area contributed by atoms with Crippen LogP contribution in [0.4, 0.5) is 0 Å². The van der Waals surface area contributed by atoms with Gasteiger partial charge in [0.25, 0.3) is 0 Å². The first-order valence-corrected chi connectivity index (χ1v) is 5.13. The zero-order valence-electron chi connectivity index (χ0n) is 7.23. The number of benzene rings is 1.